The lowest BCUT2D eigenvalue weighted by molar-refractivity contribution is -0.136. The van der Waals surface area contributed by atoms with Gasteiger partial charge in [0.2, 0.25) is 0 Å². The zero-order valence-corrected chi connectivity index (χ0v) is 24.5. The summed E-state index contributed by atoms with van der Waals surface area (Å²) < 4.78 is 5.41. The van der Waals surface area contributed by atoms with Gasteiger partial charge in [0.1, 0.15) is 5.75 Å². The molecule has 1 aliphatic rings. The lowest BCUT2D eigenvalue weighted by atomic mass is 9.93. The lowest BCUT2D eigenvalue weighted by Gasteiger charge is -2.31. The van der Waals surface area contributed by atoms with Crippen molar-refractivity contribution in [3.63, 3.8) is 0 Å². The van der Waals surface area contributed by atoms with E-state index in [9.17, 15) is 9.59 Å². The van der Waals surface area contributed by atoms with Crippen molar-refractivity contribution < 1.29 is 19.4 Å². The number of carboxylic acid groups (broad SMARTS) is 1. The number of carbonyl (C=O) groups is 2. The molecule has 41 heavy (non-hydrogen) atoms. The molecule has 3 unspecified atom stereocenters. The van der Waals surface area contributed by atoms with Crippen LogP contribution in [0.25, 0.3) is 10.8 Å². The molecule has 0 radical (unpaired) electrons. The summed E-state index contributed by atoms with van der Waals surface area (Å²) in [6.45, 7) is 3.10. The number of nitrogens with one attached hydrogen (secondary N) is 1. The van der Waals surface area contributed by atoms with Crippen LogP contribution in [0.3, 0.4) is 0 Å². The van der Waals surface area contributed by atoms with E-state index in [2.05, 4.69) is 41.4 Å². The predicted molar refractivity (Wildman–Crippen MR) is 163 cm³/mol. The van der Waals surface area contributed by atoms with Crippen LogP contribution in [0.5, 0.6) is 5.75 Å². The average Bonchev–Trinajstić information content (AvgIpc) is 3.41. The number of carbonyl (C=O) groups excluding carboxylic acids is 1. The van der Waals surface area contributed by atoms with Crippen molar-refractivity contribution in [1.29, 1.82) is 0 Å². The van der Waals surface area contributed by atoms with Gasteiger partial charge in [-0.1, -0.05) is 53.5 Å². The molecule has 0 spiro atoms. The van der Waals surface area contributed by atoms with Gasteiger partial charge in [0.05, 0.1) is 13.5 Å². The molecule has 0 bridgehead atoms. The van der Waals surface area contributed by atoms with Gasteiger partial charge < -0.3 is 15.2 Å². The Labute approximate surface area is 249 Å². The van der Waals surface area contributed by atoms with Crippen LogP contribution in [0, 0.1) is 0 Å². The molecule has 0 saturated carbocycles. The van der Waals surface area contributed by atoms with Crippen molar-refractivity contribution in [2.24, 2.45) is 0 Å². The minimum absolute atomic E-state index is 0.0651. The smallest absolute Gasteiger partial charge is 0.305 e. The fourth-order valence-corrected chi connectivity index (χ4v) is 6.28. The molecular weight excluding hydrogens is 559 g/mol. The van der Waals surface area contributed by atoms with E-state index >= 15 is 0 Å². The summed E-state index contributed by atoms with van der Waals surface area (Å²) in [5.41, 5.74) is 3.95. The van der Waals surface area contributed by atoms with E-state index in [1.165, 1.54) is 5.56 Å². The van der Waals surface area contributed by atoms with Crippen molar-refractivity contribution in [3.05, 3.63) is 111 Å². The number of fused-ring (bicyclic) bond motifs is 1. The number of hydrogen-bond acceptors (Lipinski definition) is 4. The standard InChI is InChI=1S/C33H32Cl2N2O4/c1-20(21-3-5-22(6-4-21)33(40)36-12-11-32(38)39)37-19-27(26-14-28(34)18-29(35)15-26)17-31(37)25-8-7-24-16-30(41-2)10-9-23(24)13-25/h3-10,13-16,18,20,27,31H,11-12,17,19H2,1-2H3,(H,36,40)(H,38,39). The number of amides is 1. The second-order valence-corrected chi connectivity index (χ2v) is 11.4. The highest BCUT2D eigenvalue weighted by atomic mass is 35.5. The van der Waals surface area contributed by atoms with Gasteiger partial charge in [-0.2, -0.15) is 0 Å². The zero-order valence-electron chi connectivity index (χ0n) is 22.9. The van der Waals surface area contributed by atoms with Crippen LogP contribution >= 0.6 is 23.2 Å². The van der Waals surface area contributed by atoms with Gasteiger partial charge in [-0.05, 0) is 95.3 Å². The molecule has 1 fully saturated rings. The average molecular weight is 592 g/mol. The number of rotatable bonds is 9. The maximum absolute atomic E-state index is 12.5. The maximum Gasteiger partial charge on any atom is 0.305 e. The van der Waals surface area contributed by atoms with Crippen molar-refractivity contribution in [3.8, 4) is 5.75 Å². The van der Waals surface area contributed by atoms with Crippen LogP contribution in [0.15, 0.2) is 78.9 Å². The van der Waals surface area contributed by atoms with E-state index in [1.54, 1.807) is 25.3 Å². The molecule has 8 heteroatoms. The Bertz CT molecular complexity index is 1550. The number of ether oxygens (including phenoxy) is 1. The number of likely N-dealkylation sites (tertiary alicyclic amines) is 1. The molecule has 1 saturated heterocycles. The SMILES string of the molecule is COc1ccc2cc(C3CC(c4cc(Cl)cc(Cl)c4)CN3C(C)c3ccc(C(=O)NCCC(=O)O)cc3)ccc2c1. The van der Waals surface area contributed by atoms with E-state index in [1.807, 2.05) is 36.4 Å². The fraction of sp³-hybridized carbons (Fsp3) is 0.273. The van der Waals surface area contributed by atoms with E-state index in [0.717, 1.165) is 40.6 Å². The summed E-state index contributed by atoms with van der Waals surface area (Å²) in [6.07, 6.45) is 0.797. The zero-order chi connectivity index (χ0) is 29.1. The summed E-state index contributed by atoms with van der Waals surface area (Å²) >= 11 is 12.8. The molecule has 4 aromatic carbocycles. The fourth-order valence-electron chi connectivity index (χ4n) is 5.74. The molecule has 0 aliphatic carbocycles. The van der Waals surface area contributed by atoms with Crippen LogP contribution < -0.4 is 10.1 Å². The van der Waals surface area contributed by atoms with Crippen LogP contribution in [0.4, 0.5) is 0 Å². The highest BCUT2D eigenvalue weighted by Gasteiger charge is 2.37. The first kappa shape index (κ1) is 28.9. The van der Waals surface area contributed by atoms with Crippen LogP contribution in [0.2, 0.25) is 10.0 Å². The van der Waals surface area contributed by atoms with Gasteiger partial charge in [-0.25, -0.2) is 0 Å². The van der Waals surface area contributed by atoms with Gasteiger partial charge in [0, 0.05) is 40.8 Å². The number of methoxy groups -OCH3 is 1. The summed E-state index contributed by atoms with van der Waals surface area (Å²) in [5.74, 6) is -0.155. The summed E-state index contributed by atoms with van der Waals surface area (Å²) in [5, 5.41) is 15.0. The second-order valence-electron chi connectivity index (χ2n) is 10.5. The van der Waals surface area contributed by atoms with Gasteiger partial charge >= 0.3 is 5.97 Å². The molecule has 6 nitrogen and oxygen atoms in total. The molecule has 1 heterocycles. The van der Waals surface area contributed by atoms with Crippen molar-refractivity contribution in [2.75, 3.05) is 20.2 Å². The first-order valence-corrected chi connectivity index (χ1v) is 14.4. The monoisotopic (exact) mass is 590 g/mol. The Hall–Kier alpha value is -3.58. The quantitative estimate of drug-likeness (QED) is 0.209. The third kappa shape index (κ3) is 6.67. The minimum atomic E-state index is -0.945. The number of benzene rings is 4. The van der Waals surface area contributed by atoms with Crippen LogP contribution in [0.1, 0.15) is 64.8 Å². The van der Waals surface area contributed by atoms with Crippen LogP contribution in [-0.2, 0) is 4.79 Å². The van der Waals surface area contributed by atoms with Gasteiger partial charge in [0.25, 0.3) is 5.91 Å². The number of halogens is 2. The molecule has 3 atom stereocenters. The van der Waals surface area contributed by atoms with E-state index in [0.29, 0.717) is 15.6 Å². The maximum atomic E-state index is 12.5. The molecular formula is C33H32Cl2N2O4. The summed E-state index contributed by atoms with van der Waals surface area (Å²) in [6, 6.07) is 26.3. The largest absolute Gasteiger partial charge is 0.497 e. The number of aliphatic carboxylic acids is 1. The normalized spacial score (nSPS) is 17.9. The molecule has 1 aliphatic heterocycles. The lowest BCUT2D eigenvalue weighted by Crippen LogP contribution is -2.28. The summed E-state index contributed by atoms with van der Waals surface area (Å²) in [7, 11) is 1.67. The highest BCUT2D eigenvalue weighted by Crippen LogP contribution is 2.46. The second kappa shape index (κ2) is 12.5. The Morgan fingerprint density at radius 1 is 0.951 bits per heavy atom. The minimum Gasteiger partial charge on any atom is -0.497 e. The van der Waals surface area contributed by atoms with Gasteiger partial charge in [0.15, 0.2) is 0 Å². The Kier molecular flexibility index (Phi) is 8.83. The molecule has 4 aromatic rings. The first-order chi connectivity index (χ1) is 19.7. The predicted octanol–water partition coefficient (Wildman–Crippen LogP) is 7.65. The third-order valence-electron chi connectivity index (χ3n) is 7.93. The van der Waals surface area contributed by atoms with Gasteiger partial charge in [-0.15, -0.1) is 0 Å². The molecule has 212 valence electrons. The van der Waals surface area contributed by atoms with Crippen LogP contribution in [-0.4, -0.2) is 42.1 Å². The topological polar surface area (TPSA) is 78.9 Å². The first-order valence-electron chi connectivity index (χ1n) is 13.6. The molecule has 5 rings (SSSR count). The molecule has 1 amide bonds. The number of nitrogens with zero attached hydrogens (tertiary/aromatic N) is 1. The van der Waals surface area contributed by atoms with Gasteiger partial charge in [-0.3, -0.25) is 14.5 Å². The Morgan fingerprint density at radius 3 is 2.32 bits per heavy atom. The van der Waals surface area contributed by atoms with Crippen molar-refractivity contribution in [2.45, 2.75) is 37.8 Å². The molecule has 2 N–H and O–H groups in total. The highest BCUT2D eigenvalue weighted by molar-refractivity contribution is 6.34. The van der Waals surface area contributed by atoms with E-state index in [4.69, 9.17) is 33.0 Å². The third-order valence-corrected chi connectivity index (χ3v) is 8.37. The summed E-state index contributed by atoms with van der Waals surface area (Å²) in [4.78, 5) is 25.7. The van der Waals surface area contributed by atoms with Crippen molar-refractivity contribution >= 4 is 45.9 Å². The van der Waals surface area contributed by atoms with E-state index in [-0.39, 0.29) is 36.9 Å². The number of carboxylic acids is 1. The Morgan fingerprint density at radius 2 is 1.63 bits per heavy atom. The Balaban J connectivity index is 1.43. The molecule has 0 aromatic heterocycles. The van der Waals surface area contributed by atoms with E-state index < -0.39 is 5.97 Å². The number of hydrogen-bond donors (Lipinski definition) is 2. The van der Waals surface area contributed by atoms with Crippen molar-refractivity contribution in [1.82, 2.24) is 10.2 Å².